The molecule has 0 aromatic heterocycles. The predicted octanol–water partition coefficient (Wildman–Crippen LogP) is 3.13. The molecule has 0 bridgehead atoms. The Bertz CT molecular complexity index is 573. The van der Waals surface area contributed by atoms with E-state index >= 15 is 0 Å². The molecule has 3 aliphatic rings. The van der Waals surface area contributed by atoms with Crippen molar-refractivity contribution in [1.82, 2.24) is 0 Å². The second kappa shape index (κ2) is 5.55. The second-order valence-corrected chi connectivity index (χ2v) is 23.8. The largest absolute Gasteiger partial charge is 0.529 e. The Kier molecular flexibility index (Phi) is 4.56. The molecule has 0 aromatic rings. The van der Waals surface area contributed by atoms with Gasteiger partial charge in [-0.25, -0.2) is 9.59 Å². The molecule has 4 amide bonds. The van der Waals surface area contributed by atoms with Crippen LogP contribution in [0.1, 0.15) is 19.3 Å². The fourth-order valence-corrected chi connectivity index (χ4v) is 11.5. The van der Waals surface area contributed by atoms with Gasteiger partial charge in [0.05, 0.1) is 12.8 Å². The number of quaternary nitrogens is 2. The Morgan fingerprint density at radius 2 is 1.09 bits per heavy atom. The number of imide groups is 2. The Morgan fingerprint density at radius 1 is 0.739 bits per heavy atom. The molecule has 3 saturated heterocycles. The number of carbonyl (C=O) groups excluding carboxylic acids is 3. The molecule has 0 saturated carbocycles. The highest BCUT2D eigenvalue weighted by Gasteiger charge is 2.81. The van der Waals surface area contributed by atoms with Crippen LogP contribution in [-0.4, -0.2) is 63.2 Å². The van der Waals surface area contributed by atoms with Crippen LogP contribution in [0.25, 0.3) is 0 Å². The first-order valence-corrected chi connectivity index (χ1v) is 17.1. The van der Waals surface area contributed by atoms with Gasteiger partial charge in [-0.15, -0.1) is 75.4 Å². The average molecular weight is 477 g/mol. The normalized spacial score (nSPS) is 41.2. The lowest BCUT2D eigenvalue weighted by molar-refractivity contribution is -0.958. The monoisotopic (exact) mass is 474 g/mol. The highest BCUT2D eigenvalue weighted by Crippen LogP contribution is 2.51. The summed E-state index contributed by atoms with van der Waals surface area (Å²) in [6.07, 6.45) is 0.539. The molecular formula is C10H12Cl6N2O3Si2+2. The average Bonchev–Trinajstić information content (AvgIpc) is 2.20. The van der Waals surface area contributed by atoms with Gasteiger partial charge in [0.2, 0.25) is 0 Å². The van der Waals surface area contributed by atoms with E-state index in [1.807, 2.05) is 0 Å². The summed E-state index contributed by atoms with van der Waals surface area (Å²) >= 11 is 36.6. The van der Waals surface area contributed by atoms with E-state index < -0.39 is 50.1 Å². The van der Waals surface area contributed by atoms with Gasteiger partial charge in [-0.3, -0.25) is 0 Å². The lowest BCUT2D eigenvalue weighted by Gasteiger charge is -2.57. The van der Waals surface area contributed by atoms with Crippen molar-refractivity contribution in [2.45, 2.75) is 30.6 Å². The first-order chi connectivity index (χ1) is 10.4. The molecule has 3 rings (SSSR count). The molecule has 4 unspecified atom stereocenters. The van der Waals surface area contributed by atoms with E-state index in [1.165, 1.54) is 0 Å². The molecule has 0 aromatic carbocycles. The summed E-state index contributed by atoms with van der Waals surface area (Å²) in [5.41, 5.74) is -1.34. The van der Waals surface area contributed by atoms with Crippen LogP contribution in [0.15, 0.2) is 0 Å². The maximum Gasteiger partial charge on any atom is 0.529 e. The fourth-order valence-electron chi connectivity index (χ4n) is 3.86. The number of hydrogen-bond donors (Lipinski definition) is 0. The summed E-state index contributed by atoms with van der Waals surface area (Å²) in [5.74, 6) is -1.01. The second-order valence-electron chi connectivity index (χ2n) is 6.12. The number of amides is 4. The molecule has 2 spiro atoms. The zero-order valence-corrected chi connectivity index (χ0v) is 18.1. The molecule has 3 fully saturated rings. The molecule has 5 nitrogen and oxygen atoms in total. The van der Waals surface area contributed by atoms with Crippen LogP contribution in [0.3, 0.4) is 0 Å². The van der Waals surface area contributed by atoms with Crippen molar-refractivity contribution in [2.75, 3.05) is 13.1 Å². The number of rotatable bonds is 2. The lowest BCUT2D eigenvalue weighted by Crippen LogP contribution is -2.89. The van der Waals surface area contributed by atoms with E-state index in [0.717, 1.165) is 0 Å². The Labute approximate surface area is 162 Å². The third-order valence-electron chi connectivity index (χ3n) is 5.21. The third kappa shape index (κ3) is 2.43. The number of urea groups is 1. The number of hydrogen-bond acceptors (Lipinski definition) is 3. The minimum atomic E-state index is -3.32. The highest BCUT2D eigenvalue weighted by atomic mass is 35.8. The van der Waals surface area contributed by atoms with Gasteiger partial charge in [0.25, 0.3) is 0 Å². The van der Waals surface area contributed by atoms with E-state index in [1.54, 1.807) is 0 Å². The number of carbonyl (C=O) groups is 3. The molecule has 23 heavy (non-hydrogen) atoms. The Morgan fingerprint density at radius 3 is 1.30 bits per heavy atom. The zero-order chi connectivity index (χ0) is 17.4. The van der Waals surface area contributed by atoms with Gasteiger partial charge in [0.15, 0.2) is 6.42 Å². The summed E-state index contributed by atoms with van der Waals surface area (Å²) in [7, 11) is 0. The maximum absolute atomic E-state index is 13.3. The molecule has 0 aliphatic carbocycles. The van der Waals surface area contributed by atoms with Gasteiger partial charge in [-0.1, -0.05) is 0 Å². The van der Waals surface area contributed by atoms with Crippen LogP contribution in [-0.2, 0) is 9.59 Å². The minimum Gasteiger partial charge on any atom is -0.229 e. The van der Waals surface area contributed by atoms with Crippen molar-refractivity contribution < 1.29 is 23.3 Å². The van der Waals surface area contributed by atoms with Gasteiger partial charge in [-0.05, 0) is 0 Å². The SMILES string of the molecule is O=C1CC(=O)[N+]2(CCC2[Si](Cl)(Cl)Cl)C(=O)[N+]12CCC2[Si](Cl)(Cl)Cl. The third-order valence-corrected chi connectivity index (χ3v) is 12.7. The summed E-state index contributed by atoms with van der Waals surface area (Å²) in [6.45, 7) is 0.481. The predicted molar refractivity (Wildman–Crippen MR) is 93.7 cm³/mol. The van der Waals surface area contributed by atoms with E-state index in [4.69, 9.17) is 66.5 Å². The van der Waals surface area contributed by atoms with E-state index in [-0.39, 0.29) is 19.5 Å². The van der Waals surface area contributed by atoms with Gasteiger partial charge >= 0.3 is 29.9 Å². The van der Waals surface area contributed by atoms with Gasteiger partial charge < -0.3 is 0 Å². The van der Waals surface area contributed by atoms with Crippen LogP contribution in [0, 0.1) is 0 Å². The number of barbiturate groups is 1. The number of halogens is 6. The standard InChI is InChI=1S/C10H12Cl6N2O3Si2/c11-22(12,13)8-1-3-17(8)6(19)5-7(20)18(10(17)21)4-2-9(18)23(14,15)16/h8-9H,1-5H2/q+2. The number of nitrogens with zero attached hydrogens (tertiary/aromatic N) is 2. The van der Waals surface area contributed by atoms with Gasteiger partial charge in [0.1, 0.15) is 24.4 Å². The van der Waals surface area contributed by atoms with Crippen LogP contribution < -0.4 is 0 Å². The van der Waals surface area contributed by atoms with Gasteiger partial charge in [-0.2, -0.15) is 4.79 Å². The van der Waals surface area contributed by atoms with Crippen molar-refractivity contribution >= 4 is 96.3 Å². The molecule has 0 N–H and O–H groups in total. The van der Waals surface area contributed by atoms with Crippen molar-refractivity contribution in [3.8, 4) is 0 Å². The fraction of sp³-hybridized carbons (Fsp3) is 0.700. The zero-order valence-electron chi connectivity index (χ0n) is 11.6. The quantitative estimate of drug-likeness (QED) is 0.266. The molecule has 0 radical (unpaired) electrons. The topological polar surface area (TPSA) is 51.2 Å². The summed E-state index contributed by atoms with van der Waals surface area (Å²) in [4.78, 5) is 38.3. The van der Waals surface area contributed by atoms with Crippen LogP contribution >= 0.6 is 66.5 Å². The lowest BCUT2D eigenvalue weighted by atomic mass is 9.98. The van der Waals surface area contributed by atoms with Crippen LogP contribution in [0.5, 0.6) is 0 Å². The maximum atomic E-state index is 13.3. The van der Waals surface area contributed by atoms with E-state index in [2.05, 4.69) is 0 Å². The van der Waals surface area contributed by atoms with Crippen molar-refractivity contribution in [3.05, 3.63) is 0 Å². The molecule has 3 aliphatic heterocycles. The van der Waals surface area contributed by atoms with Crippen molar-refractivity contribution in [3.63, 3.8) is 0 Å². The Balaban J connectivity index is 2.07. The first-order valence-electron chi connectivity index (χ1n) is 6.89. The molecule has 4 atom stereocenters. The van der Waals surface area contributed by atoms with Crippen molar-refractivity contribution in [2.24, 2.45) is 0 Å². The van der Waals surface area contributed by atoms with Crippen LogP contribution in [0.4, 0.5) is 4.79 Å². The van der Waals surface area contributed by atoms with Crippen LogP contribution in [0.2, 0.25) is 0 Å². The first kappa shape index (κ1) is 18.9. The molecule has 13 heteroatoms. The molecule has 128 valence electrons. The van der Waals surface area contributed by atoms with E-state index in [0.29, 0.717) is 12.8 Å². The van der Waals surface area contributed by atoms with Gasteiger partial charge in [0, 0.05) is 0 Å². The molecule has 3 heterocycles. The summed E-state index contributed by atoms with van der Waals surface area (Å²) in [5, 5.41) is 0. The highest BCUT2D eigenvalue weighted by molar-refractivity contribution is 7.65. The minimum absolute atomic E-state index is 0.241. The summed E-state index contributed by atoms with van der Waals surface area (Å²) < 4.78 is -1.14. The molecular weight excluding hydrogens is 465 g/mol. The van der Waals surface area contributed by atoms with Crippen molar-refractivity contribution in [1.29, 1.82) is 0 Å². The van der Waals surface area contributed by atoms with E-state index in [9.17, 15) is 14.4 Å². The smallest absolute Gasteiger partial charge is 0.229 e. The Hall–Kier alpha value is 1.10. The summed E-state index contributed by atoms with van der Waals surface area (Å²) in [6, 6.07) is -7.21.